The number of rotatable bonds is 4. The number of carbonyl (C=O) groups excluding carboxylic acids is 1. The Kier molecular flexibility index (Phi) is 4.81. The Morgan fingerprint density at radius 3 is 2.43 bits per heavy atom. The lowest BCUT2D eigenvalue weighted by atomic mass is 10.1. The van der Waals surface area contributed by atoms with E-state index in [1.54, 1.807) is 12.1 Å². The standard InChI is InChI=1S/C16H18ClN3O/c1-10-6-11(2)8-14(7-10)19-12(3)16(21)20-15-5-4-13(17)9-18-15/h4-9,12,19H,1-3H3,(H,18,20,21)/t12-/m0/s1. The number of benzene rings is 1. The average molecular weight is 304 g/mol. The van der Waals surface area contributed by atoms with Gasteiger partial charge in [-0.25, -0.2) is 4.98 Å². The number of hydrogen-bond acceptors (Lipinski definition) is 3. The highest BCUT2D eigenvalue weighted by molar-refractivity contribution is 6.30. The molecular weight excluding hydrogens is 286 g/mol. The highest BCUT2D eigenvalue weighted by Gasteiger charge is 2.13. The van der Waals surface area contributed by atoms with E-state index in [1.165, 1.54) is 6.20 Å². The molecule has 1 amide bonds. The smallest absolute Gasteiger partial charge is 0.247 e. The van der Waals surface area contributed by atoms with Gasteiger partial charge < -0.3 is 10.6 Å². The van der Waals surface area contributed by atoms with E-state index in [2.05, 4.69) is 21.7 Å². The monoisotopic (exact) mass is 303 g/mol. The van der Waals surface area contributed by atoms with Gasteiger partial charge in [0, 0.05) is 11.9 Å². The molecule has 110 valence electrons. The fourth-order valence-corrected chi connectivity index (χ4v) is 2.17. The fourth-order valence-electron chi connectivity index (χ4n) is 2.06. The summed E-state index contributed by atoms with van der Waals surface area (Å²) in [4.78, 5) is 16.2. The zero-order chi connectivity index (χ0) is 15.4. The second-order valence-corrected chi connectivity index (χ2v) is 5.53. The number of carbonyl (C=O) groups is 1. The van der Waals surface area contributed by atoms with E-state index in [0.717, 1.165) is 16.8 Å². The normalized spacial score (nSPS) is 11.8. The van der Waals surface area contributed by atoms with Gasteiger partial charge in [-0.3, -0.25) is 4.79 Å². The molecule has 0 saturated carbocycles. The zero-order valence-electron chi connectivity index (χ0n) is 12.3. The molecule has 21 heavy (non-hydrogen) atoms. The molecule has 1 atom stereocenters. The second-order valence-electron chi connectivity index (χ2n) is 5.09. The molecule has 0 unspecified atom stereocenters. The van der Waals surface area contributed by atoms with Crippen LogP contribution in [0, 0.1) is 13.8 Å². The molecule has 0 fully saturated rings. The number of aryl methyl sites for hydroxylation is 2. The summed E-state index contributed by atoms with van der Waals surface area (Å²) in [5, 5.41) is 6.47. The number of halogens is 1. The van der Waals surface area contributed by atoms with Gasteiger partial charge in [0.05, 0.1) is 5.02 Å². The van der Waals surface area contributed by atoms with E-state index in [1.807, 2.05) is 32.9 Å². The Morgan fingerprint density at radius 1 is 1.19 bits per heavy atom. The van der Waals surface area contributed by atoms with Gasteiger partial charge in [0.2, 0.25) is 5.91 Å². The van der Waals surface area contributed by atoms with Gasteiger partial charge in [0.15, 0.2) is 0 Å². The van der Waals surface area contributed by atoms with E-state index in [-0.39, 0.29) is 11.9 Å². The van der Waals surface area contributed by atoms with E-state index in [9.17, 15) is 4.79 Å². The molecule has 1 aromatic heterocycles. The van der Waals surface area contributed by atoms with Gasteiger partial charge in [-0.2, -0.15) is 0 Å². The van der Waals surface area contributed by atoms with Crippen LogP contribution in [0.1, 0.15) is 18.1 Å². The van der Waals surface area contributed by atoms with E-state index >= 15 is 0 Å². The maximum Gasteiger partial charge on any atom is 0.247 e. The minimum atomic E-state index is -0.372. The van der Waals surface area contributed by atoms with Gasteiger partial charge in [-0.15, -0.1) is 0 Å². The molecular formula is C16H18ClN3O. The maximum absolute atomic E-state index is 12.1. The van der Waals surface area contributed by atoms with Crippen LogP contribution in [-0.4, -0.2) is 16.9 Å². The summed E-state index contributed by atoms with van der Waals surface area (Å²) in [6.07, 6.45) is 1.50. The molecule has 1 heterocycles. The summed E-state index contributed by atoms with van der Waals surface area (Å²) in [5.74, 6) is 0.336. The van der Waals surface area contributed by atoms with Crippen molar-refractivity contribution in [2.24, 2.45) is 0 Å². The summed E-state index contributed by atoms with van der Waals surface area (Å²) in [7, 11) is 0. The molecule has 0 saturated heterocycles. The Hall–Kier alpha value is -2.07. The average Bonchev–Trinajstić information content (AvgIpc) is 2.40. The van der Waals surface area contributed by atoms with E-state index in [0.29, 0.717) is 10.8 Å². The fraction of sp³-hybridized carbons (Fsp3) is 0.250. The van der Waals surface area contributed by atoms with E-state index in [4.69, 9.17) is 11.6 Å². The molecule has 0 bridgehead atoms. The summed E-state index contributed by atoms with van der Waals surface area (Å²) in [6.45, 7) is 5.87. The highest BCUT2D eigenvalue weighted by atomic mass is 35.5. The number of pyridine rings is 1. The van der Waals surface area contributed by atoms with Gasteiger partial charge in [-0.05, 0) is 56.2 Å². The van der Waals surface area contributed by atoms with Crippen molar-refractivity contribution < 1.29 is 4.79 Å². The van der Waals surface area contributed by atoms with Crippen LogP contribution < -0.4 is 10.6 Å². The third-order valence-electron chi connectivity index (χ3n) is 2.98. The van der Waals surface area contributed by atoms with Crippen LogP contribution in [0.15, 0.2) is 36.5 Å². The van der Waals surface area contributed by atoms with Crippen molar-refractivity contribution in [3.8, 4) is 0 Å². The quantitative estimate of drug-likeness (QED) is 0.903. The van der Waals surface area contributed by atoms with Gasteiger partial charge in [0.1, 0.15) is 11.9 Å². The molecule has 4 nitrogen and oxygen atoms in total. The van der Waals surface area contributed by atoms with Crippen LogP contribution in [0.5, 0.6) is 0 Å². The first-order valence-corrected chi connectivity index (χ1v) is 7.09. The van der Waals surface area contributed by atoms with Crippen LogP contribution in [0.2, 0.25) is 5.02 Å². The highest BCUT2D eigenvalue weighted by Crippen LogP contribution is 2.15. The third-order valence-corrected chi connectivity index (χ3v) is 3.20. The number of aromatic nitrogens is 1. The Morgan fingerprint density at radius 2 is 1.86 bits per heavy atom. The van der Waals surface area contributed by atoms with Crippen molar-refractivity contribution in [2.45, 2.75) is 26.8 Å². The van der Waals surface area contributed by atoms with Crippen LogP contribution in [0.3, 0.4) is 0 Å². The minimum Gasteiger partial charge on any atom is -0.374 e. The summed E-state index contributed by atoms with van der Waals surface area (Å²) in [5.41, 5.74) is 3.24. The van der Waals surface area contributed by atoms with Crippen LogP contribution >= 0.6 is 11.6 Å². The van der Waals surface area contributed by atoms with Crippen molar-refractivity contribution in [3.05, 3.63) is 52.7 Å². The topological polar surface area (TPSA) is 54.0 Å². The molecule has 0 spiro atoms. The molecule has 2 N–H and O–H groups in total. The molecule has 5 heteroatoms. The number of amides is 1. The molecule has 0 aliphatic carbocycles. The van der Waals surface area contributed by atoms with Gasteiger partial charge in [0.25, 0.3) is 0 Å². The van der Waals surface area contributed by atoms with Crippen LogP contribution in [-0.2, 0) is 4.79 Å². The Labute approximate surface area is 129 Å². The van der Waals surface area contributed by atoms with Crippen molar-refractivity contribution >= 4 is 29.0 Å². The molecule has 0 aliphatic rings. The number of nitrogens with zero attached hydrogens (tertiary/aromatic N) is 1. The SMILES string of the molecule is Cc1cc(C)cc(N[C@@H](C)C(=O)Nc2ccc(Cl)cn2)c1. The summed E-state index contributed by atoms with van der Waals surface area (Å²) < 4.78 is 0. The molecule has 2 rings (SSSR count). The van der Waals surface area contributed by atoms with Crippen molar-refractivity contribution in [3.63, 3.8) is 0 Å². The lowest BCUT2D eigenvalue weighted by Crippen LogP contribution is -2.32. The molecule has 1 aromatic carbocycles. The first-order chi connectivity index (χ1) is 9.94. The first kappa shape index (κ1) is 15.3. The summed E-state index contributed by atoms with van der Waals surface area (Å²) in [6, 6.07) is 9.10. The minimum absolute atomic E-state index is 0.149. The molecule has 2 aromatic rings. The van der Waals surface area contributed by atoms with Crippen molar-refractivity contribution in [1.82, 2.24) is 4.98 Å². The predicted octanol–water partition coefficient (Wildman–Crippen LogP) is 3.79. The van der Waals surface area contributed by atoms with Crippen LogP contribution in [0.4, 0.5) is 11.5 Å². The Balaban J connectivity index is 2.00. The summed E-state index contributed by atoms with van der Waals surface area (Å²) >= 11 is 5.76. The second kappa shape index (κ2) is 6.59. The first-order valence-electron chi connectivity index (χ1n) is 6.71. The van der Waals surface area contributed by atoms with Gasteiger partial charge >= 0.3 is 0 Å². The Bertz CT molecular complexity index is 620. The maximum atomic E-state index is 12.1. The van der Waals surface area contributed by atoms with Gasteiger partial charge in [-0.1, -0.05) is 17.7 Å². The van der Waals surface area contributed by atoms with E-state index < -0.39 is 0 Å². The molecule has 0 radical (unpaired) electrons. The number of hydrogen-bond donors (Lipinski definition) is 2. The lowest BCUT2D eigenvalue weighted by molar-refractivity contribution is -0.116. The van der Waals surface area contributed by atoms with Crippen molar-refractivity contribution in [1.29, 1.82) is 0 Å². The van der Waals surface area contributed by atoms with Crippen molar-refractivity contribution in [2.75, 3.05) is 10.6 Å². The zero-order valence-corrected chi connectivity index (χ0v) is 13.0. The number of nitrogens with one attached hydrogen (secondary N) is 2. The van der Waals surface area contributed by atoms with Crippen LogP contribution in [0.25, 0.3) is 0 Å². The number of anilines is 2. The molecule has 0 aliphatic heterocycles. The predicted molar refractivity (Wildman–Crippen MR) is 86.9 cm³/mol. The largest absolute Gasteiger partial charge is 0.374 e. The lowest BCUT2D eigenvalue weighted by Gasteiger charge is -2.16. The third kappa shape index (κ3) is 4.46.